The number of carbonyl (C=O) groups excluding carboxylic acids is 1. The number of hydrogen-bond acceptors (Lipinski definition) is 3. The molecule has 1 fully saturated rings. The van der Waals surface area contributed by atoms with E-state index in [1.807, 2.05) is 0 Å². The third kappa shape index (κ3) is 12.9. The fourth-order valence-electron chi connectivity index (χ4n) is 2.79. The van der Waals surface area contributed by atoms with Gasteiger partial charge in [-0.15, -0.1) is 0 Å². The van der Waals surface area contributed by atoms with E-state index in [-0.39, 0.29) is 12.5 Å². The molecule has 1 aliphatic heterocycles. The maximum Gasteiger partial charge on any atom is 0.220 e. The van der Waals surface area contributed by atoms with Gasteiger partial charge in [-0.2, -0.15) is 0 Å². The predicted octanol–water partition coefficient (Wildman–Crippen LogP) is 4.45. The summed E-state index contributed by atoms with van der Waals surface area (Å²) in [5, 5.41) is 11.3. The van der Waals surface area contributed by atoms with Crippen molar-refractivity contribution in [3.8, 4) is 0 Å². The molecule has 1 heterocycles. The van der Waals surface area contributed by atoms with E-state index >= 15 is 0 Å². The zero-order valence-electron chi connectivity index (χ0n) is 16.4. The lowest BCUT2D eigenvalue weighted by molar-refractivity contribution is -0.121. The molecule has 0 aromatic carbocycles. The van der Waals surface area contributed by atoms with E-state index in [0.29, 0.717) is 25.2 Å². The van der Waals surface area contributed by atoms with Crippen LogP contribution in [0, 0.1) is 0 Å². The quantitative estimate of drug-likeness (QED) is 0.242. The van der Waals surface area contributed by atoms with E-state index in [1.165, 1.54) is 25.7 Å². The number of unbranched alkanes of at least 4 members (excludes halogenated alkanes) is 3. The second-order valence-corrected chi connectivity index (χ2v) is 6.80. The Morgan fingerprint density at radius 2 is 1.73 bits per heavy atom. The maximum absolute atomic E-state index is 11.3. The van der Waals surface area contributed by atoms with E-state index in [9.17, 15) is 4.79 Å². The average molecular weight is 364 g/mol. The molecule has 0 saturated carbocycles. The number of allylic oxidation sites excluding steroid dienone is 5. The van der Waals surface area contributed by atoms with Crippen LogP contribution in [0.4, 0.5) is 0 Å². The van der Waals surface area contributed by atoms with E-state index < -0.39 is 0 Å². The largest absolute Gasteiger partial charge is 0.395 e. The highest BCUT2D eigenvalue weighted by Gasteiger charge is 2.36. The minimum atomic E-state index is 0.00108. The number of aliphatic hydroxyl groups excluding tert-OH is 1. The van der Waals surface area contributed by atoms with Gasteiger partial charge in [0.1, 0.15) is 0 Å². The first-order valence-corrected chi connectivity index (χ1v) is 10.3. The lowest BCUT2D eigenvalue weighted by Crippen LogP contribution is -2.25. The normalized spacial score (nSPS) is 19.8. The van der Waals surface area contributed by atoms with Crippen LogP contribution in [0.25, 0.3) is 0 Å². The van der Waals surface area contributed by atoms with Gasteiger partial charge in [-0.3, -0.25) is 4.79 Å². The Labute approximate surface area is 159 Å². The standard InChI is InChI=1S/C22H37NO3/c1-2-3-12-15-20-21(26-20)16-13-10-8-6-4-5-7-9-11-14-17-22(25)23-18-19-24/h4,6-7,9-10,13,20-21,24H,2-3,5,8,11-12,14-19H2,1H3,(H,23,25)/b6-4-,9-7-,13-10-. The number of amides is 1. The average Bonchev–Trinajstić information content (AvgIpc) is 3.39. The van der Waals surface area contributed by atoms with Crippen LogP contribution in [-0.2, 0) is 9.53 Å². The molecule has 0 radical (unpaired) electrons. The van der Waals surface area contributed by atoms with Gasteiger partial charge >= 0.3 is 0 Å². The summed E-state index contributed by atoms with van der Waals surface area (Å²) in [5.74, 6) is 0.0167. The summed E-state index contributed by atoms with van der Waals surface area (Å²) in [6, 6.07) is 0. The summed E-state index contributed by atoms with van der Waals surface area (Å²) in [6.45, 7) is 2.59. The summed E-state index contributed by atoms with van der Waals surface area (Å²) in [6.07, 6.45) is 24.5. The molecule has 4 heteroatoms. The smallest absolute Gasteiger partial charge is 0.220 e. The first-order valence-electron chi connectivity index (χ1n) is 10.3. The van der Waals surface area contributed by atoms with Gasteiger partial charge in [-0.1, -0.05) is 62.6 Å². The van der Waals surface area contributed by atoms with Crippen molar-refractivity contribution < 1.29 is 14.6 Å². The molecular formula is C22H37NO3. The molecule has 0 spiro atoms. The maximum atomic E-state index is 11.3. The van der Waals surface area contributed by atoms with Gasteiger partial charge in [-0.05, 0) is 38.5 Å². The number of carbonyl (C=O) groups is 1. The zero-order valence-corrected chi connectivity index (χ0v) is 16.4. The minimum Gasteiger partial charge on any atom is -0.395 e. The fraction of sp³-hybridized carbons (Fsp3) is 0.682. The van der Waals surface area contributed by atoms with Crippen molar-refractivity contribution in [3.05, 3.63) is 36.5 Å². The molecule has 1 rings (SSSR count). The lowest BCUT2D eigenvalue weighted by atomic mass is 10.1. The number of hydrogen-bond donors (Lipinski definition) is 2. The second kappa shape index (κ2) is 15.8. The zero-order chi connectivity index (χ0) is 18.9. The molecule has 1 amide bonds. The first kappa shape index (κ1) is 22.7. The van der Waals surface area contributed by atoms with Crippen LogP contribution in [0.2, 0.25) is 0 Å². The first-order chi connectivity index (χ1) is 12.8. The molecule has 0 aromatic heterocycles. The molecule has 148 valence electrons. The van der Waals surface area contributed by atoms with Crippen LogP contribution in [-0.4, -0.2) is 36.4 Å². The van der Waals surface area contributed by atoms with E-state index in [4.69, 9.17) is 9.84 Å². The van der Waals surface area contributed by atoms with Crippen molar-refractivity contribution in [2.75, 3.05) is 13.2 Å². The molecule has 26 heavy (non-hydrogen) atoms. The molecule has 2 atom stereocenters. The number of epoxide rings is 1. The topological polar surface area (TPSA) is 61.9 Å². The van der Waals surface area contributed by atoms with Crippen molar-refractivity contribution in [1.82, 2.24) is 5.32 Å². The number of rotatable bonds is 16. The number of nitrogens with one attached hydrogen (secondary N) is 1. The Balaban J connectivity index is 1.89. The van der Waals surface area contributed by atoms with Gasteiger partial charge in [0.15, 0.2) is 0 Å². The Kier molecular flexibility index (Phi) is 13.8. The Hall–Kier alpha value is -1.39. The summed E-state index contributed by atoms with van der Waals surface area (Å²) in [4.78, 5) is 11.3. The van der Waals surface area contributed by atoms with Crippen molar-refractivity contribution >= 4 is 5.91 Å². The van der Waals surface area contributed by atoms with Gasteiger partial charge in [0, 0.05) is 13.0 Å². The minimum absolute atomic E-state index is 0.00108. The van der Waals surface area contributed by atoms with Crippen molar-refractivity contribution in [1.29, 1.82) is 0 Å². The fourth-order valence-corrected chi connectivity index (χ4v) is 2.79. The van der Waals surface area contributed by atoms with Crippen LogP contribution in [0.1, 0.15) is 71.1 Å². The van der Waals surface area contributed by atoms with Crippen molar-refractivity contribution in [2.45, 2.75) is 83.3 Å². The van der Waals surface area contributed by atoms with Gasteiger partial charge in [0.2, 0.25) is 5.91 Å². The summed E-state index contributed by atoms with van der Waals surface area (Å²) in [5.41, 5.74) is 0. The van der Waals surface area contributed by atoms with Crippen molar-refractivity contribution in [3.63, 3.8) is 0 Å². The molecule has 2 N–H and O–H groups in total. The molecule has 0 bridgehead atoms. The Morgan fingerprint density at radius 3 is 2.46 bits per heavy atom. The number of aliphatic hydroxyl groups is 1. The lowest BCUT2D eigenvalue weighted by Gasteiger charge is -2.00. The van der Waals surface area contributed by atoms with Crippen LogP contribution in [0.15, 0.2) is 36.5 Å². The van der Waals surface area contributed by atoms with Gasteiger partial charge in [-0.25, -0.2) is 0 Å². The van der Waals surface area contributed by atoms with E-state index in [2.05, 4.69) is 48.7 Å². The van der Waals surface area contributed by atoms with E-state index in [1.54, 1.807) is 0 Å². The monoisotopic (exact) mass is 363 g/mol. The molecule has 0 aliphatic carbocycles. The summed E-state index contributed by atoms with van der Waals surface area (Å²) >= 11 is 0. The second-order valence-electron chi connectivity index (χ2n) is 6.80. The Morgan fingerprint density at radius 1 is 1.00 bits per heavy atom. The molecule has 1 aliphatic rings. The third-order valence-corrected chi connectivity index (χ3v) is 4.40. The van der Waals surface area contributed by atoms with Crippen LogP contribution in [0.5, 0.6) is 0 Å². The van der Waals surface area contributed by atoms with Crippen LogP contribution < -0.4 is 5.32 Å². The van der Waals surface area contributed by atoms with Crippen LogP contribution >= 0.6 is 0 Å². The van der Waals surface area contributed by atoms with E-state index in [0.717, 1.165) is 32.1 Å². The highest BCUT2D eigenvalue weighted by Crippen LogP contribution is 2.30. The van der Waals surface area contributed by atoms with Gasteiger partial charge in [0.05, 0.1) is 18.8 Å². The highest BCUT2D eigenvalue weighted by atomic mass is 16.6. The molecule has 0 aromatic rings. The van der Waals surface area contributed by atoms with Crippen LogP contribution in [0.3, 0.4) is 0 Å². The third-order valence-electron chi connectivity index (χ3n) is 4.40. The highest BCUT2D eigenvalue weighted by molar-refractivity contribution is 5.75. The SMILES string of the molecule is CCCCCC1OC1C/C=C\C/C=C\C/C=C\CCCC(=O)NCCO. The number of ether oxygens (including phenoxy) is 1. The summed E-state index contributed by atoms with van der Waals surface area (Å²) < 4.78 is 5.67. The molecule has 1 saturated heterocycles. The Bertz CT molecular complexity index is 443. The molecule has 2 unspecified atom stereocenters. The molecular weight excluding hydrogens is 326 g/mol. The predicted molar refractivity (Wildman–Crippen MR) is 108 cm³/mol. The van der Waals surface area contributed by atoms with Gasteiger partial charge in [0.25, 0.3) is 0 Å². The van der Waals surface area contributed by atoms with Gasteiger partial charge < -0.3 is 15.2 Å². The molecule has 4 nitrogen and oxygen atoms in total. The van der Waals surface area contributed by atoms with Crippen molar-refractivity contribution in [2.24, 2.45) is 0 Å². The summed E-state index contributed by atoms with van der Waals surface area (Å²) in [7, 11) is 0.